The molecule has 27 heavy (non-hydrogen) atoms. The zero-order valence-electron chi connectivity index (χ0n) is 15.5. The molecular formula is C21H23N3O2S. The summed E-state index contributed by atoms with van der Waals surface area (Å²) >= 11 is 1.38. The van der Waals surface area contributed by atoms with Gasteiger partial charge in [0, 0.05) is 17.7 Å². The van der Waals surface area contributed by atoms with Crippen LogP contribution in [-0.2, 0) is 4.79 Å². The molecular weight excluding hydrogens is 358 g/mol. The van der Waals surface area contributed by atoms with Crippen molar-refractivity contribution in [3.8, 4) is 0 Å². The van der Waals surface area contributed by atoms with E-state index >= 15 is 0 Å². The van der Waals surface area contributed by atoms with Crippen LogP contribution in [0.5, 0.6) is 0 Å². The van der Waals surface area contributed by atoms with Crippen molar-refractivity contribution in [3.05, 3.63) is 53.6 Å². The number of hydrogen-bond donors (Lipinski definition) is 2. The van der Waals surface area contributed by atoms with Crippen LogP contribution in [0.2, 0.25) is 0 Å². The van der Waals surface area contributed by atoms with Gasteiger partial charge in [0.05, 0.1) is 10.2 Å². The second-order valence-corrected chi connectivity index (χ2v) is 7.51. The van der Waals surface area contributed by atoms with Crippen LogP contribution in [0.25, 0.3) is 10.2 Å². The predicted octanol–water partition coefficient (Wildman–Crippen LogP) is 5.38. The van der Waals surface area contributed by atoms with Gasteiger partial charge in [0.2, 0.25) is 5.91 Å². The number of thiazole rings is 1. The number of aryl methyl sites for hydroxylation is 1. The van der Waals surface area contributed by atoms with Crippen molar-refractivity contribution in [2.45, 2.75) is 39.5 Å². The van der Waals surface area contributed by atoms with Crippen LogP contribution in [0.1, 0.15) is 48.5 Å². The Bertz CT molecular complexity index is 965. The summed E-state index contributed by atoms with van der Waals surface area (Å²) in [5.74, 6) is -0.176. The molecule has 5 nitrogen and oxygen atoms in total. The first-order valence-electron chi connectivity index (χ1n) is 9.14. The zero-order valence-corrected chi connectivity index (χ0v) is 16.4. The van der Waals surface area contributed by atoms with Gasteiger partial charge in [0.15, 0.2) is 5.13 Å². The summed E-state index contributed by atoms with van der Waals surface area (Å²) in [6, 6.07) is 13.0. The molecule has 1 aromatic heterocycles. The molecule has 0 spiro atoms. The molecule has 0 aliphatic carbocycles. The number of fused-ring (bicyclic) bond motifs is 1. The van der Waals surface area contributed by atoms with E-state index in [4.69, 9.17) is 0 Å². The molecule has 0 fully saturated rings. The fourth-order valence-corrected chi connectivity index (χ4v) is 3.67. The molecule has 6 heteroatoms. The summed E-state index contributed by atoms with van der Waals surface area (Å²) in [4.78, 5) is 28.9. The molecule has 2 amide bonds. The second-order valence-electron chi connectivity index (χ2n) is 6.48. The quantitative estimate of drug-likeness (QED) is 0.540. The number of aromatic nitrogens is 1. The molecule has 0 saturated heterocycles. The average Bonchev–Trinajstić information content (AvgIpc) is 3.05. The smallest absolute Gasteiger partial charge is 0.255 e. The fraction of sp³-hybridized carbons (Fsp3) is 0.286. The Labute approximate surface area is 162 Å². The van der Waals surface area contributed by atoms with E-state index in [1.807, 2.05) is 43.3 Å². The highest BCUT2D eigenvalue weighted by Gasteiger charge is 2.12. The Morgan fingerprint density at radius 1 is 1.07 bits per heavy atom. The maximum Gasteiger partial charge on any atom is 0.255 e. The van der Waals surface area contributed by atoms with E-state index in [0.717, 1.165) is 40.7 Å². The standard InChI is InChI=1S/C21H23N3O2S/c1-3-4-5-10-19(25)24-21-23-17-12-11-15(13-18(17)27-21)20(26)22-16-9-7-6-8-14(16)2/h6-9,11-13H,3-5,10H2,1-2H3,(H,22,26)(H,23,24,25). The molecule has 3 rings (SSSR count). The Kier molecular flexibility index (Phi) is 6.19. The van der Waals surface area contributed by atoms with Gasteiger partial charge in [0.25, 0.3) is 5.91 Å². The largest absolute Gasteiger partial charge is 0.322 e. The van der Waals surface area contributed by atoms with E-state index in [2.05, 4.69) is 22.5 Å². The third-order valence-electron chi connectivity index (χ3n) is 4.30. The number of unbranched alkanes of at least 4 members (excludes halogenated alkanes) is 2. The molecule has 2 N–H and O–H groups in total. The van der Waals surface area contributed by atoms with Crippen molar-refractivity contribution in [3.63, 3.8) is 0 Å². The van der Waals surface area contributed by atoms with Crippen molar-refractivity contribution in [1.82, 2.24) is 4.98 Å². The number of nitrogens with one attached hydrogen (secondary N) is 2. The monoisotopic (exact) mass is 381 g/mol. The topological polar surface area (TPSA) is 71.1 Å². The highest BCUT2D eigenvalue weighted by atomic mass is 32.1. The summed E-state index contributed by atoms with van der Waals surface area (Å²) in [6.07, 6.45) is 3.53. The first-order chi connectivity index (χ1) is 13.1. The van der Waals surface area contributed by atoms with Crippen molar-refractivity contribution < 1.29 is 9.59 Å². The van der Waals surface area contributed by atoms with Crippen molar-refractivity contribution in [1.29, 1.82) is 0 Å². The average molecular weight is 382 g/mol. The van der Waals surface area contributed by atoms with Crippen molar-refractivity contribution in [2.24, 2.45) is 0 Å². The van der Waals surface area contributed by atoms with Crippen LogP contribution in [0, 0.1) is 6.92 Å². The Morgan fingerprint density at radius 2 is 1.89 bits per heavy atom. The van der Waals surface area contributed by atoms with Gasteiger partial charge < -0.3 is 10.6 Å². The first-order valence-corrected chi connectivity index (χ1v) is 9.96. The maximum absolute atomic E-state index is 12.5. The highest BCUT2D eigenvalue weighted by Crippen LogP contribution is 2.27. The van der Waals surface area contributed by atoms with E-state index in [9.17, 15) is 9.59 Å². The van der Waals surface area contributed by atoms with E-state index in [1.54, 1.807) is 6.07 Å². The van der Waals surface area contributed by atoms with Gasteiger partial charge in [-0.25, -0.2) is 4.98 Å². The molecule has 0 radical (unpaired) electrons. The number of carbonyl (C=O) groups excluding carboxylic acids is 2. The van der Waals surface area contributed by atoms with Crippen LogP contribution in [0.15, 0.2) is 42.5 Å². The van der Waals surface area contributed by atoms with Crippen LogP contribution >= 0.6 is 11.3 Å². The molecule has 1 heterocycles. The van der Waals surface area contributed by atoms with Gasteiger partial charge in [0.1, 0.15) is 0 Å². The molecule has 2 aromatic carbocycles. The summed E-state index contributed by atoms with van der Waals surface area (Å²) in [7, 11) is 0. The second kappa shape index (κ2) is 8.77. The molecule has 140 valence electrons. The molecule has 3 aromatic rings. The summed E-state index contributed by atoms with van der Waals surface area (Å²) in [5.41, 5.74) is 3.15. The molecule has 0 aliphatic rings. The van der Waals surface area contributed by atoms with E-state index < -0.39 is 0 Å². The fourth-order valence-electron chi connectivity index (χ4n) is 2.74. The normalized spacial score (nSPS) is 10.7. The maximum atomic E-state index is 12.5. The lowest BCUT2D eigenvalue weighted by Gasteiger charge is -2.07. The number of rotatable bonds is 7. The number of hydrogen-bond acceptors (Lipinski definition) is 4. The van der Waals surface area contributed by atoms with Gasteiger partial charge in [-0.3, -0.25) is 9.59 Å². The molecule has 0 unspecified atom stereocenters. The third kappa shape index (κ3) is 4.92. The summed E-state index contributed by atoms with van der Waals surface area (Å²) in [6.45, 7) is 4.07. The molecule has 0 aliphatic heterocycles. The predicted molar refractivity (Wildman–Crippen MR) is 112 cm³/mol. The molecule has 0 atom stereocenters. The van der Waals surface area contributed by atoms with Gasteiger partial charge in [-0.05, 0) is 43.2 Å². The zero-order chi connectivity index (χ0) is 19.2. The van der Waals surface area contributed by atoms with Crippen molar-refractivity contribution in [2.75, 3.05) is 10.6 Å². The third-order valence-corrected chi connectivity index (χ3v) is 5.23. The van der Waals surface area contributed by atoms with E-state index in [1.165, 1.54) is 11.3 Å². The minimum atomic E-state index is -0.162. The van der Waals surface area contributed by atoms with Gasteiger partial charge >= 0.3 is 0 Å². The SMILES string of the molecule is CCCCCC(=O)Nc1nc2ccc(C(=O)Nc3ccccc3C)cc2s1. The number of para-hydroxylation sites is 1. The lowest BCUT2D eigenvalue weighted by Crippen LogP contribution is -2.12. The Balaban J connectivity index is 1.71. The number of amides is 2. The van der Waals surface area contributed by atoms with Gasteiger partial charge in [-0.1, -0.05) is 49.3 Å². The van der Waals surface area contributed by atoms with Crippen molar-refractivity contribution >= 4 is 44.2 Å². The minimum absolute atomic E-state index is 0.0139. The number of carbonyl (C=O) groups is 2. The number of nitrogens with zero attached hydrogens (tertiary/aromatic N) is 1. The Morgan fingerprint density at radius 3 is 2.67 bits per heavy atom. The highest BCUT2D eigenvalue weighted by molar-refractivity contribution is 7.22. The van der Waals surface area contributed by atoms with Crippen LogP contribution in [-0.4, -0.2) is 16.8 Å². The molecule has 0 bridgehead atoms. The van der Waals surface area contributed by atoms with Gasteiger partial charge in [-0.15, -0.1) is 0 Å². The number of benzene rings is 2. The lowest BCUT2D eigenvalue weighted by molar-refractivity contribution is -0.116. The number of anilines is 2. The Hall–Kier alpha value is -2.73. The lowest BCUT2D eigenvalue weighted by atomic mass is 10.1. The van der Waals surface area contributed by atoms with Crippen LogP contribution < -0.4 is 10.6 Å². The first kappa shape index (κ1) is 19.0. The minimum Gasteiger partial charge on any atom is -0.322 e. The van der Waals surface area contributed by atoms with E-state index in [0.29, 0.717) is 17.1 Å². The van der Waals surface area contributed by atoms with Gasteiger partial charge in [-0.2, -0.15) is 0 Å². The summed E-state index contributed by atoms with van der Waals surface area (Å²) in [5, 5.41) is 6.36. The van der Waals surface area contributed by atoms with E-state index in [-0.39, 0.29) is 11.8 Å². The molecule has 0 saturated carbocycles. The summed E-state index contributed by atoms with van der Waals surface area (Å²) < 4.78 is 0.872. The van der Waals surface area contributed by atoms with Crippen LogP contribution in [0.3, 0.4) is 0 Å². The van der Waals surface area contributed by atoms with Crippen LogP contribution in [0.4, 0.5) is 10.8 Å².